The fourth-order valence-electron chi connectivity index (χ4n) is 2.62. The summed E-state index contributed by atoms with van der Waals surface area (Å²) in [5, 5.41) is 23.1. The van der Waals surface area contributed by atoms with Crippen LogP contribution in [0.1, 0.15) is 15.9 Å². The molecule has 3 aromatic carbocycles. The van der Waals surface area contributed by atoms with E-state index in [4.69, 9.17) is 0 Å². The first-order chi connectivity index (χ1) is 12.5. The maximum Gasteiger partial charge on any atom is 0.338 e. The van der Waals surface area contributed by atoms with Gasteiger partial charge in [-0.05, 0) is 22.8 Å². The molecule has 0 atom stereocenters. The highest BCUT2D eigenvalue weighted by Crippen LogP contribution is 2.24. The number of nitrogens with one attached hydrogen (secondary N) is 1. The summed E-state index contributed by atoms with van der Waals surface area (Å²) in [6, 6.07) is 21.7. The Morgan fingerprint density at radius 1 is 0.962 bits per heavy atom. The third-order valence-corrected chi connectivity index (χ3v) is 3.99. The molecule has 0 aliphatic heterocycles. The Balaban J connectivity index is 1.75. The minimum atomic E-state index is -1.21. The largest absolute Gasteiger partial charge is 0.478 e. The van der Waals surface area contributed by atoms with Gasteiger partial charge in [0.1, 0.15) is 0 Å². The lowest BCUT2D eigenvalue weighted by molar-refractivity contribution is -0.384. The highest BCUT2D eigenvalue weighted by Gasteiger charge is 2.15. The zero-order valence-electron chi connectivity index (χ0n) is 13.8. The van der Waals surface area contributed by atoms with Crippen molar-refractivity contribution in [2.75, 3.05) is 5.32 Å². The molecule has 0 aliphatic rings. The topological polar surface area (TPSA) is 92.5 Å². The number of hydrogen-bond donors (Lipinski definition) is 2. The summed E-state index contributed by atoms with van der Waals surface area (Å²) < 4.78 is 0. The van der Waals surface area contributed by atoms with Crippen LogP contribution >= 0.6 is 0 Å². The van der Waals surface area contributed by atoms with Gasteiger partial charge in [0.2, 0.25) is 0 Å². The number of non-ortho nitro benzene ring substituents is 1. The molecule has 0 unspecified atom stereocenters. The van der Waals surface area contributed by atoms with E-state index in [1.54, 1.807) is 0 Å². The molecule has 0 heterocycles. The number of benzene rings is 3. The Bertz CT molecular complexity index is 938. The van der Waals surface area contributed by atoms with Crippen LogP contribution in [0.25, 0.3) is 11.1 Å². The molecular formula is C20H16N2O4. The van der Waals surface area contributed by atoms with E-state index in [0.29, 0.717) is 12.2 Å². The van der Waals surface area contributed by atoms with Crippen LogP contribution in [-0.4, -0.2) is 16.0 Å². The molecule has 6 nitrogen and oxygen atoms in total. The fraction of sp³-hybridized carbons (Fsp3) is 0.0500. The second-order valence-corrected chi connectivity index (χ2v) is 5.71. The number of carbonyl (C=O) groups is 1. The Morgan fingerprint density at radius 3 is 2.23 bits per heavy atom. The van der Waals surface area contributed by atoms with E-state index in [2.05, 4.69) is 5.32 Å². The van der Waals surface area contributed by atoms with Crippen LogP contribution < -0.4 is 5.32 Å². The lowest BCUT2D eigenvalue weighted by atomic mass is 10.0. The molecule has 0 aliphatic carbocycles. The van der Waals surface area contributed by atoms with Crippen LogP contribution in [0.5, 0.6) is 0 Å². The van der Waals surface area contributed by atoms with Gasteiger partial charge in [-0.15, -0.1) is 0 Å². The standard InChI is InChI=1S/C20H16N2O4/c23-20(24)18-12-17(22(25)26)10-11-19(18)21-13-14-6-8-16(9-7-14)15-4-2-1-3-5-15/h1-12,21H,13H2,(H,23,24). The molecule has 26 heavy (non-hydrogen) atoms. The van der Waals surface area contributed by atoms with E-state index in [1.165, 1.54) is 12.1 Å². The van der Waals surface area contributed by atoms with Crippen LogP contribution in [0.2, 0.25) is 0 Å². The van der Waals surface area contributed by atoms with Crippen molar-refractivity contribution in [3.8, 4) is 11.1 Å². The van der Waals surface area contributed by atoms with Gasteiger partial charge in [0.05, 0.1) is 10.5 Å². The molecule has 3 aromatic rings. The summed E-state index contributed by atoms with van der Waals surface area (Å²) in [4.78, 5) is 21.5. The zero-order valence-corrected chi connectivity index (χ0v) is 13.8. The Labute approximate surface area is 149 Å². The summed E-state index contributed by atoms with van der Waals surface area (Å²) in [5.41, 5.74) is 3.15. The van der Waals surface area contributed by atoms with Crippen LogP contribution in [0.4, 0.5) is 11.4 Å². The summed E-state index contributed by atoms with van der Waals surface area (Å²) >= 11 is 0. The van der Waals surface area contributed by atoms with Gasteiger partial charge < -0.3 is 10.4 Å². The molecule has 0 spiro atoms. The quantitative estimate of drug-likeness (QED) is 0.503. The smallest absolute Gasteiger partial charge is 0.338 e. The molecular weight excluding hydrogens is 332 g/mol. The normalized spacial score (nSPS) is 10.3. The van der Waals surface area contributed by atoms with Crippen molar-refractivity contribution in [1.29, 1.82) is 0 Å². The molecule has 6 heteroatoms. The first-order valence-corrected chi connectivity index (χ1v) is 7.94. The zero-order chi connectivity index (χ0) is 18.5. The number of aromatic carboxylic acids is 1. The van der Waals surface area contributed by atoms with Gasteiger partial charge in [0.15, 0.2) is 0 Å². The molecule has 0 saturated carbocycles. The van der Waals surface area contributed by atoms with Gasteiger partial charge in [0.25, 0.3) is 5.69 Å². The summed E-state index contributed by atoms with van der Waals surface area (Å²) in [5.74, 6) is -1.21. The monoisotopic (exact) mass is 348 g/mol. The van der Waals surface area contributed by atoms with Gasteiger partial charge in [-0.3, -0.25) is 10.1 Å². The molecule has 2 N–H and O–H groups in total. The van der Waals surface area contributed by atoms with Crippen LogP contribution in [-0.2, 0) is 6.54 Å². The minimum absolute atomic E-state index is 0.125. The van der Waals surface area contributed by atoms with E-state index in [-0.39, 0.29) is 11.3 Å². The maximum atomic E-state index is 11.3. The predicted octanol–water partition coefficient (Wildman–Crippen LogP) is 4.57. The first kappa shape index (κ1) is 17.2. The van der Waals surface area contributed by atoms with E-state index in [1.807, 2.05) is 54.6 Å². The number of rotatable bonds is 6. The van der Waals surface area contributed by atoms with Gasteiger partial charge in [-0.2, -0.15) is 0 Å². The summed E-state index contributed by atoms with van der Waals surface area (Å²) in [6.45, 7) is 0.410. The van der Waals surface area contributed by atoms with Crippen molar-refractivity contribution in [2.24, 2.45) is 0 Å². The Hall–Kier alpha value is -3.67. The van der Waals surface area contributed by atoms with Gasteiger partial charge >= 0.3 is 5.97 Å². The van der Waals surface area contributed by atoms with Crippen LogP contribution in [0, 0.1) is 10.1 Å². The summed E-state index contributed by atoms with van der Waals surface area (Å²) in [6.07, 6.45) is 0. The average molecular weight is 348 g/mol. The Morgan fingerprint density at radius 2 is 1.62 bits per heavy atom. The summed E-state index contributed by atoms with van der Waals surface area (Å²) in [7, 11) is 0. The molecule has 0 saturated heterocycles. The van der Waals surface area contributed by atoms with Gasteiger partial charge in [-0.1, -0.05) is 54.6 Å². The second-order valence-electron chi connectivity index (χ2n) is 5.71. The first-order valence-electron chi connectivity index (χ1n) is 7.94. The highest BCUT2D eigenvalue weighted by molar-refractivity contribution is 5.95. The van der Waals surface area contributed by atoms with Gasteiger partial charge in [-0.25, -0.2) is 4.79 Å². The fourth-order valence-corrected chi connectivity index (χ4v) is 2.62. The van der Waals surface area contributed by atoms with E-state index >= 15 is 0 Å². The number of carboxylic acids is 1. The maximum absolute atomic E-state index is 11.3. The number of nitro benzene ring substituents is 1. The molecule has 130 valence electrons. The van der Waals surface area contributed by atoms with Crippen LogP contribution in [0.15, 0.2) is 72.8 Å². The number of anilines is 1. The van der Waals surface area contributed by atoms with Gasteiger partial charge in [0, 0.05) is 24.4 Å². The van der Waals surface area contributed by atoms with Crippen LogP contribution in [0.3, 0.4) is 0 Å². The lowest BCUT2D eigenvalue weighted by Gasteiger charge is -2.10. The Kier molecular flexibility index (Phi) is 4.94. The molecule has 0 aromatic heterocycles. The SMILES string of the molecule is O=C(O)c1cc([N+](=O)[O-])ccc1NCc1ccc(-c2ccccc2)cc1. The highest BCUT2D eigenvalue weighted by atomic mass is 16.6. The third kappa shape index (κ3) is 3.87. The lowest BCUT2D eigenvalue weighted by Crippen LogP contribution is -2.07. The van der Waals surface area contributed by atoms with E-state index in [0.717, 1.165) is 22.8 Å². The van der Waals surface area contributed by atoms with Crippen molar-refractivity contribution in [1.82, 2.24) is 0 Å². The van der Waals surface area contributed by atoms with Crippen molar-refractivity contribution < 1.29 is 14.8 Å². The number of carboxylic acid groups (broad SMARTS) is 1. The average Bonchev–Trinajstić information content (AvgIpc) is 2.67. The number of nitro groups is 1. The molecule has 0 radical (unpaired) electrons. The molecule has 0 fully saturated rings. The minimum Gasteiger partial charge on any atom is -0.478 e. The predicted molar refractivity (Wildman–Crippen MR) is 99.3 cm³/mol. The van der Waals surface area contributed by atoms with Crippen molar-refractivity contribution in [3.05, 3.63) is 94.0 Å². The van der Waals surface area contributed by atoms with Crippen molar-refractivity contribution in [2.45, 2.75) is 6.54 Å². The van der Waals surface area contributed by atoms with E-state index < -0.39 is 10.9 Å². The second kappa shape index (κ2) is 7.48. The van der Waals surface area contributed by atoms with E-state index in [9.17, 15) is 20.0 Å². The number of hydrogen-bond acceptors (Lipinski definition) is 4. The van der Waals surface area contributed by atoms with Crippen molar-refractivity contribution >= 4 is 17.3 Å². The molecule has 3 rings (SSSR count). The third-order valence-electron chi connectivity index (χ3n) is 3.99. The molecule has 0 bridgehead atoms. The van der Waals surface area contributed by atoms with Crippen molar-refractivity contribution in [3.63, 3.8) is 0 Å². The number of nitrogens with zero attached hydrogens (tertiary/aromatic N) is 1. The molecule has 0 amide bonds.